The second-order valence-corrected chi connectivity index (χ2v) is 9.81. The molecule has 0 aliphatic heterocycles. The summed E-state index contributed by atoms with van der Waals surface area (Å²) in [5.41, 5.74) is -8.90. The smallest absolute Gasteiger partial charge is 0.416 e. The van der Waals surface area contributed by atoms with Gasteiger partial charge < -0.3 is 9.47 Å². The van der Waals surface area contributed by atoms with Gasteiger partial charge in [0.2, 0.25) is 0 Å². The van der Waals surface area contributed by atoms with E-state index in [4.69, 9.17) is 22.6 Å². The molecule has 0 aliphatic carbocycles. The van der Waals surface area contributed by atoms with Gasteiger partial charge in [0, 0.05) is 21.2 Å². The van der Waals surface area contributed by atoms with Crippen molar-refractivity contribution in [3.8, 4) is 35.1 Å². The van der Waals surface area contributed by atoms with E-state index in [0.29, 0.717) is 0 Å². The number of halogens is 12. The van der Waals surface area contributed by atoms with Crippen LogP contribution >= 0.6 is 0 Å². The third kappa shape index (κ3) is 7.50. The fourth-order valence-electron chi connectivity index (χ4n) is 4.44. The van der Waals surface area contributed by atoms with Crippen LogP contribution in [0.4, 0.5) is 52.7 Å². The van der Waals surface area contributed by atoms with E-state index >= 15 is 0 Å². The van der Waals surface area contributed by atoms with E-state index in [2.05, 4.69) is 9.69 Å². The number of nitriles is 2. The van der Waals surface area contributed by atoms with Crippen LogP contribution < -0.4 is 19.9 Å². The Kier molecular flexibility index (Phi) is 9.40. The predicted octanol–water partition coefficient (Wildman–Crippen LogP) is 9.60. The van der Waals surface area contributed by atoms with Gasteiger partial charge in [0.1, 0.15) is 23.0 Å². The fourth-order valence-corrected chi connectivity index (χ4v) is 4.44. The number of benzene rings is 4. The van der Waals surface area contributed by atoms with Gasteiger partial charge in [-0.2, -0.15) is 52.7 Å². The molecular weight excluding hydrogens is 700 g/mol. The first-order chi connectivity index (χ1) is 23.1. The highest BCUT2D eigenvalue weighted by molar-refractivity contribution is 5.96. The first-order valence-electron chi connectivity index (χ1n) is 13.0. The number of ether oxygens (including phenoxy) is 2. The predicted molar refractivity (Wildman–Crippen MR) is 147 cm³/mol. The zero-order chi connectivity index (χ0) is 37.4. The Labute approximate surface area is 271 Å². The molecule has 0 saturated carbocycles. The molecule has 6 nitrogen and oxygen atoms in total. The topological polar surface area (TPSA) is 74.8 Å². The lowest BCUT2D eigenvalue weighted by Gasteiger charge is -2.18. The first kappa shape index (κ1) is 36.4. The van der Waals surface area contributed by atoms with Crippen molar-refractivity contribution in [3.05, 3.63) is 116 Å². The highest BCUT2D eigenvalue weighted by atomic mass is 19.4. The molecule has 254 valence electrons. The van der Waals surface area contributed by atoms with Gasteiger partial charge in [-0.25, -0.2) is 20.2 Å². The van der Waals surface area contributed by atoms with Gasteiger partial charge in [-0.1, -0.05) is 24.3 Å². The van der Waals surface area contributed by atoms with E-state index in [1.807, 2.05) is 0 Å². The van der Waals surface area contributed by atoms with Gasteiger partial charge >= 0.3 is 24.7 Å². The molecule has 0 N–H and O–H groups in total. The number of hydrogen-bond acceptors (Lipinski definition) is 4. The molecule has 0 fully saturated rings. The van der Waals surface area contributed by atoms with Crippen LogP contribution in [-0.4, -0.2) is 0 Å². The maximum Gasteiger partial charge on any atom is 0.416 e. The van der Waals surface area contributed by atoms with Crippen LogP contribution in [0.3, 0.4) is 0 Å². The standard InChI is InChI=1S/C32H10F12N4O2/c1-47-25(13-45)23-5-3-22-21(27(23)49-19-9-15(29(33,34)35)7-16(10-19)30(36,37)38)4-6-24(26(14-46)48-2)28(22)50-20-11-17(31(39,40)41)8-18(12-20)32(42,43)44/h3-12H/b25-23-,26-24+. The molecule has 50 heavy (non-hydrogen) atoms. The van der Waals surface area contributed by atoms with Crippen molar-refractivity contribution in [2.24, 2.45) is 0 Å². The lowest BCUT2D eigenvalue weighted by Crippen LogP contribution is -2.14. The monoisotopic (exact) mass is 710 g/mol. The number of rotatable bonds is 4. The van der Waals surface area contributed by atoms with Gasteiger partial charge in [0.05, 0.1) is 47.5 Å². The van der Waals surface area contributed by atoms with Crippen LogP contribution in [0.15, 0.2) is 60.7 Å². The number of alkyl halides is 12. The largest absolute Gasteiger partial charge is 0.457 e. The van der Waals surface area contributed by atoms with Gasteiger partial charge in [0.15, 0.2) is 0 Å². The van der Waals surface area contributed by atoms with Crippen LogP contribution in [0.2, 0.25) is 0 Å². The summed E-state index contributed by atoms with van der Waals surface area (Å²) >= 11 is 0. The number of hydrogen-bond donors (Lipinski definition) is 0. The van der Waals surface area contributed by atoms with Crippen LogP contribution in [0.1, 0.15) is 22.3 Å². The van der Waals surface area contributed by atoms with Gasteiger partial charge in [0.25, 0.3) is 11.4 Å². The second kappa shape index (κ2) is 12.9. The average Bonchev–Trinajstić information content (AvgIpc) is 3.02. The van der Waals surface area contributed by atoms with Gasteiger partial charge in [-0.3, -0.25) is 0 Å². The molecule has 4 aromatic rings. The summed E-state index contributed by atoms with van der Waals surface area (Å²) in [6.45, 7) is 14.6. The fraction of sp³-hybridized carbons (Fsp3) is 0.125. The Bertz CT molecular complexity index is 2070. The third-order valence-corrected chi connectivity index (χ3v) is 6.61. The van der Waals surface area contributed by atoms with E-state index in [0.717, 1.165) is 24.3 Å². The Morgan fingerprint density at radius 2 is 0.780 bits per heavy atom. The highest BCUT2D eigenvalue weighted by Crippen LogP contribution is 2.42. The molecule has 18 heteroatoms. The molecule has 4 aromatic carbocycles. The zero-order valence-corrected chi connectivity index (χ0v) is 23.9. The van der Waals surface area contributed by atoms with Crippen LogP contribution in [0.25, 0.3) is 31.9 Å². The highest BCUT2D eigenvalue weighted by Gasteiger charge is 2.39. The molecule has 0 atom stereocenters. The van der Waals surface area contributed by atoms with E-state index < -0.39 is 103 Å². The Morgan fingerprint density at radius 3 is 1.00 bits per heavy atom. The maximum absolute atomic E-state index is 13.6. The number of nitrogens with zero attached hydrogens (tertiary/aromatic N) is 4. The first-order valence-corrected chi connectivity index (χ1v) is 13.0. The van der Waals surface area contributed by atoms with Crippen molar-refractivity contribution in [3.63, 3.8) is 0 Å². The lowest BCUT2D eigenvalue weighted by molar-refractivity contribution is -0.144. The quantitative estimate of drug-likeness (QED) is 0.156. The lowest BCUT2D eigenvalue weighted by atomic mass is 10.0. The van der Waals surface area contributed by atoms with Crippen molar-refractivity contribution in [2.75, 3.05) is 0 Å². The molecule has 0 bridgehead atoms. The van der Waals surface area contributed by atoms with E-state index in [9.17, 15) is 63.2 Å². The van der Waals surface area contributed by atoms with Crippen LogP contribution in [0.5, 0.6) is 23.0 Å². The van der Waals surface area contributed by atoms with E-state index in [1.54, 1.807) is 0 Å². The normalized spacial score (nSPS) is 13.4. The third-order valence-electron chi connectivity index (χ3n) is 6.61. The minimum absolute atomic E-state index is 0.162. The molecule has 0 amide bonds. The van der Waals surface area contributed by atoms with E-state index in [1.165, 1.54) is 12.1 Å². The minimum Gasteiger partial charge on any atom is -0.457 e. The molecule has 0 aliphatic rings. The zero-order valence-electron chi connectivity index (χ0n) is 23.9. The number of fused-ring (bicyclic) bond motifs is 1. The van der Waals surface area contributed by atoms with E-state index in [-0.39, 0.29) is 36.4 Å². The summed E-state index contributed by atoms with van der Waals surface area (Å²) < 4.78 is 174. The molecule has 0 unspecified atom stereocenters. The molecule has 4 rings (SSSR count). The van der Waals surface area contributed by atoms with Crippen molar-refractivity contribution in [1.29, 1.82) is 10.5 Å². The van der Waals surface area contributed by atoms with Crippen LogP contribution in [-0.2, 0) is 24.7 Å². The second-order valence-electron chi connectivity index (χ2n) is 9.81. The molecule has 0 radical (unpaired) electrons. The molecule has 0 spiro atoms. The summed E-state index contributed by atoms with van der Waals surface area (Å²) in [5.74, 6) is -3.79. The van der Waals surface area contributed by atoms with Crippen molar-refractivity contribution in [2.45, 2.75) is 24.7 Å². The van der Waals surface area contributed by atoms with Crippen molar-refractivity contribution in [1.82, 2.24) is 0 Å². The maximum atomic E-state index is 13.6. The van der Waals surface area contributed by atoms with Gasteiger partial charge in [-0.05, 0) is 36.4 Å². The summed E-state index contributed by atoms with van der Waals surface area (Å²) in [7, 11) is 0. The Morgan fingerprint density at radius 1 is 0.500 bits per heavy atom. The Balaban J connectivity index is 2.16. The molecule has 0 heterocycles. The average molecular weight is 710 g/mol. The minimum atomic E-state index is -5.33. The SMILES string of the molecule is [C-]#[N+]/C(C#N)=c1/ccc2c(Oc3cc(C(F)(F)F)cc(C(F)(F)F)c3)/c(=C(\C#N)[N+]#[C-])ccc2c1Oc1cc(C(F)(F)F)cc(C(F)(F)F)c1. The Hall–Kier alpha value is -6.40. The van der Waals surface area contributed by atoms with Crippen LogP contribution in [0, 0.1) is 35.8 Å². The molecule has 0 aromatic heterocycles. The van der Waals surface area contributed by atoms with Gasteiger partial charge in [-0.15, -0.1) is 0 Å². The van der Waals surface area contributed by atoms with Crippen molar-refractivity contribution >= 4 is 22.2 Å². The summed E-state index contributed by atoms with van der Waals surface area (Å²) in [5, 5.41) is 17.1. The summed E-state index contributed by atoms with van der Waals surface area (Å²) in [6, 6.07) is 6.82. The summed E-state index contributed by atoms with van der Waals surface area (Å²) in [4.78, 5) is 5.92. The van der Waals surface area contributed by atoms with Crippen molar-refractivity contribution < 1.29 is 62.2 Å². The molecular formula is C32H10F12N4O2. The summed E-state index contributed by atoms with van der Waals surface area (Å²) in [6.07, 6.45) is -21.3. The molecule has 0 saturated heterocycles.